The maximum Gasteiger partial charge on any atom is 0.231 e. The number of anilines is 1. The van der Waals surface area contributed by atoms with Crippen molar-refractivity contribution in [2.24, 2.45) is 5.92 Å². The standard InChI is InChI=1S/C16H19N3O2/c1-10-5-3-4-6-13(10)14-8-15(19-18-14)17-16(20)12-7-11(2)21-9-12/h3-6,8,11-12H,7,9H2,1-2H3,(H2,17,18,19,20)/t11-,12-/m0/s1. The minimum atomic E-state index is -0.0846. The Hall–Kier alpha value is -2.14. The van der Waals surface area contributed by atoms with Crippen LogP contribution in [0.25, 0.3) is 11.3 Å². The first-order chi connectivity index (χ1) is 10.1. The zero-order valence-corrected chi connectivity index (χ0v) is 12.2. The Labute approximate surface area is 123 Å². The normalized spacial score (nSPS) is 21.4. The molecule has 5 heteroatoms. The van der Waals surface area contributed by atoms with Crippen molar-refractivity contribution >= 4 is 11.7 Å². The van der Waals surface area contributed by atoms with Gasteiger partial charge in [-0.1, -0.05) is 24.3 Å². The third-order valence-electron chi connectivity index (χ3n) is 3.83. The maximum atomic E-state index is 12.1. The monoisotopic (exact) mass is 285 g/mol. The topological polar surface area (TPSA) is 67.0 Å². The molecule has 5 nitrogen and oxygen atoms in total. The van der Waals surface area contributed by atoms with Crippen LogP contribution in [-0.4, -0.2) is 28.8 Å². The van der Waals surface area contributed by atoms with Crippen molar-refractivity contribution in [2.45, 2.75) is 26.4 Å². The van der Waals surface area contributed by atoms with Crippen LogP contribution in [0.5, 0.6) is 0 Å². The molecule has 0 bridgehead atoms. The molecular weight excluding hydrogens is 266 g/mol. The Balaban J connectivity index is 1.71. The van der Waals surface area contributed by atoms with Gasteiger partial charge in [0.1, 0.15) is 0 Å². The number of H-pyrrole nitrogens is 1. The lowest BCUT2D eigenvalue weighted by Gasteiger charge is -2.06. The van der Waals surface area contributed by atoms with E-state index < -0.39 is 0 Å². The van der Waals surface area contributed by atoms with Crippen molar-refractivity contribution in [2.75, 3.05) is 11.9 Å². The molecule has 2 N–H and O–H groups in total. The zero-order chi connectivity index (χ0) is 14.8. The van der Waals surface area contributed by atoms with Gasteiger partial charge in [0, 0.05) is 11.6 Å². The van der Waals surface area contributed by atoms with Crippen LogP contribution in [-0.2, 0) is 9.53 Å². The molecule has 1 aliphatic rings. The van der Waals surface area contributed by atoms with Crippen molar-refractivity contribution in [1.29, 1.82) is 0 Å². The molecule has 1 fully saturated rings. The summed E-state index contributed by atoms with van der Waals surface area (Å²) in [7, 11) is 0. The first-order valence-electron chi connectivity index (χ1n) is 7.17. The number of benzene rings is 1. The van der Waals surface area contributed by atoms with E-state index in [2.05, 4.69) is 15.5 Å². The van der Waals surface area contributed by atoms with E-state index in [1.165, 1.54) is 0 Å². The number of aromatic nitrogens is 2. The smallest absolute Gasteiger partial charge is 0.231 e. The highest BCUT2D eigenvalue weighted by Gasteiger charge is 2.28. The molecule has 0 spiro atoms. The van der Waals surface area contributed by atoms with Gasteiger partial charge < -0.3 is 10.1 Å². The molecule has 0 saturated carbocycles. The van der Waals surface area contributed by atoms with Crippen molar-refractivity contribution < 1.29 is 9.53 Å². The molecule has 2 aromatic rings. The van der Waals surface area contributed by atoms with Gasteiger partial charge >= 0.3 is 0 Å². The molecule has 1 saturated heterocycles. The highest BCUT2D eigenvalue weighted by molar-refractivity contribution is 5.92. The number of amides is 1. The van der Waals surface area contributed by atoms with Gasteiger partial charge in [-0.3, -0.25) is 9.89 Å². The van der Waals surface area contributed by atoms with Crippen LogP contribution in [0.15, 0.2) is 30.3 Å². The number of ether oxygens (including phenoxy) is 1. The van der Waals surface area contributed by atoms with Gasteiger partial charge in [-0.2, -0.15) is 5.10 Å². The van der Waals surface area contributed by atoms with Crippen LogP contribution >= 0.6 is 0 Å². The van der Waals surface area contributed by atoms with Crippen molar-refractivity contribution in [3.63, 3.8) is 0 Å². The second-order valence-electron chi connectivity index (χ2n) is 5.55. The summed E-state index contributed by atoms with van der Waals surface area (Å²) >= 11 is 0. The predicted molar refractivity (Wildman–Crippen MR) is 80.9 cm³/mol. The van der Waals surface area contributed by atoms with Crippen molar-refractivity contribution in [3.8, 4) is 11.3 Å². The number of rotatable bonds is 3. The van der Waals surface area contributed by atoms with E-state index >= 15 is 0 Å². The van der Waals surface area contributed by atoms with E-state index in [-0.39, 0.29) is 17.9 Å². The van der Waals surface area contributed by atoms with Gasteiger partial charge in [0.05, 0.1) is 24.3 Å². The Kier molecular flexibility index (Phi) is 3.75. The number of aryl methyl sites for hydroxylation is 1. The summed E-state index contributed by atoms with van der Waals surface area (Å²) in [4.78, 5) is 12.1. The minimum Gasteiger partial charge on any atom is -0.378 e. The zero-order valence-electron chi connectivity index (χ0n) is 12.2. The van der Waals surface area contributed by atoms with E-state index in [9.17, 15) is 4.79 Å². The van der Waals surface area contributed by atoms with Gasteiger partial charge in [-0.15, -0.1) is 0 Å². The number of carbonyl (C=O) groups is 1. The molecule has 110 valence electrons. The molecule has 2 heterocycles. The van der Waals surface area contributed by atoms with Crippen LogP contribution < -0.4 is 5.32 Å². The quantitative estimate of drug-likeness (QED) is 0.911. The fraction of sp³-hybridized carbons (Fsp3) is 0.375. The lowest BCUT2D eigenvalue weighted by atomic mass is 10.1. The molecule has 1 aliphatic heterocycles. The molecule has 1 aromatic heterocycles. The Bertz CT molecular complexity index is 650. The van der Waals surface area contributed by atoms with Gasteiger partial charge in [0.2, 0.25) is 5.91 Å². The summed E-state index contributed by atoms with van der Waals surface area (Å²) in [5, 5.41) is 9.99. The number of aromatic amines is 1. The summed E-state index contributed by atoms with van der Waals surface area (Å²) in [6, 6.07) is 9.92. The molecule has 0 radical (unpaired) electrons. The summed E-state index contributed by atoms with van der Waals surface area (Å²) in [6.45, 7) is 4.52. The first-order valence-corrected chi connectivity index (χ1v) is 7.17. The third-order valence-corrected chi connectivity index (χ3v) is 3.83. The van der Waals surface area contributed by atoms with Crippen LogP contribution in [0.4, 0.5) is 5.82 Å². The largest absolute Gasteiger partial charge is 0.378 e. The average Bonchev–Trinajstić information content (AvgIpc) is 3.08. The average molecular weight is 285 g/mol. The highest BCUT2D eigenvalue weighted by atomic mass is 16.5. The fourth-order valence-electron chi connectivity index (χ4n) is 2.63. The summed E-state index contributed by atoms with van der Waals surface area (Å²) in [5.74, 6) is 0.443. The lowest BCUT2D eigenvalue weighted by Crippen LogP contribution is -2.23. The van der Waals surface area contributed by atoms with Crippen LogP contribution in [0, 0.1) is 12.8 Å². The second kappa shape index (κ2) is 5.69. The van der Waals surface area contributed by atoms with Gasteiger partial charge in [-0.25, -0.2) is 0 Å². The van der Waals surface area contributed by atoms with Crippen LogP contribution in [0.3, 0.4) is 0 Å². The fourth-order valence-corrected chi connectivity index (χ4v) is 2.63. The third kappa shape index (κ3) is 2.97. The number of carbonyl (C=O) groups excluding carboxylic acids is 1. The molecule has 3 rings (SSSR count). The number of nitrogens with zero attached hydrogens (tertiary/aromatic N) is 1. The molecule has 1 amide bonds. The Morgan fingerprint density at radius 3 is 2.95 bits per heavy atom. The Morgan fingerprint density at radius 2 is 2.24 bits per heavy atom. The van der Waals surface area contributed by atoms with E-state index in [4.69, 9.17) is 4.74 Å². The summed E-state index contributed by atoms with van der Waals surface area (Å²) in [5.41, 5.74) is 3.15. The molecular formula is C16H19N3O2. The van der Waals surface area contributed by atoms with Crippen molar-refractivity contribution in [1.82, 2.24) is 10.2 Å². The van der Waals surface area contributed by atoms with E-state index in [1.54, 1.807) is 0 Å². The lowest BCUT2D eigenvalue weighted by molar-refractivity contribution is -0.119. The Morgan fingerprint density at radius 1 is 1.43 bits per heavy atom. The van der Waals surface area contributed by atoms with E-state index in [1.807, 2.05) is 44.2 Å². The van der Waals surface area contributed by atoms with Gasteiger partial charge in [0.25, 0.3) is 0 Å². The van der Waals surface area contributed by atoms with Gasteiger partial charge in [0.15, 0.2) is 5.82 Å². The number of hydrogen-bond acceptors (Lipinski definition) is 3. The molecule has 1 aromatic carbocycles. The molecule has 2 atom stereocenters. The number of hydrogen-bond donors (Lipinski definition) is 2. The molecule has 21 heavy (non-hydrogen) atoms. The highest BCUT2D eigenvalue weighted by Crippen LogP contribution is 2.24. The SMILES string of the molecule is Cc1ccccc1-c1cc(NC(=O)[C@@H]2CO[C@@H](C)C2)n[nH]1. The van der Waals surface area contributed by atoms with Crippen LogP contribution in [0.2, 0.25) is 0 Å². The van der Waals surface area contributed by atoms with Crippen LogP contribution in [0.1, 0.15) is 18.9 Å². The number of nitrogens with one attached hydrogen (secondary N) is 2. The van der Waals surface area contributed by atoms with Crippen molar-refractivity contribution in [3.05, 3.63) is 35.9 Å². The first kappa shape index (κ1) is 13.8. The molecule has 0 unspecified atom stereocenters. The van der Waals surface area contributed by atoms with Gasteiger partial charge in [-0.05, 0) is 25.8 Å². The summed E-state index contributed by atoms with van der Waals surface area (Å²) < 4.78 is 5.43. The predicted octanol–water partition coefficient (Wildman–Crippen LogP) is 2.75. The second-order valence-corrected chi connectivity index (χ2v) is 5.55. The molecule has 0 aliphatic carbocycles. The van der Waals surface area contributed by atoms with E-state index in [0.29, 0.717) is 12.4 Å². The maximum absolute atomic E-state index is 12.1. The summed E-state index contributed by atoms with van der Waals surface area (Å²) in [6.07, 6.45) is 0.920. The van der Waals surface area contributed by atoms with E-state index in [0.717, 1.165) is 23.2 Å². The minimum absolute atomic E-state index is 0.0258.